The molecule has 1 aromatic carbocycles. The fourth-order valence-electron chi connectivity index (χ4n) is 2.83. The van der Waals surface area contributed by atoms with Crippen LogP contribution in [0.1, 0.15) is 36.0 Å². The molecule has 1 aliphatic heterocycles. The lowest BCUT2D eigenvalue weighted by Gasteiger charge is -2.32. The molecular weight excluding hydrogens is 238 g/mol. The van der Waals surface area contributed by atoms with E-state index in [0.29, 0.717) is 6.42 Å². The van der Waals surface area contributed by atoms with Crippen LogP contribution >= 0.6 is 0 Å². The van der Waals surface area contributed by atoms with Crippen LogP contribution in [-0.2, 0) is 11.2 Å². The number of piperidine rings is 1. The van der Waals surface area contributed by atoms with Crippen molar-refractivity contribution in [3.63, 3.8) is 0 Å². The van der Waals surface area contributed by atoms with Gasteiger partial charge in [0.05, 0.1) is 0 Å². The number of hydrogen-bond acceptors (Lipinski definition) is 2. The molecule has 0 radical (unpaired) electrons. The third-order valence-electron chi connectivity index (χ3n) is 4.03. The number of likely N-dealkylation sites (tertiary alicyclic amines) is 1. The first kappa shape index (κ1) is 14.1. The van der Waals surface area contributed by atoms with E-state index in [1.807, 2.05) is 0 Å². The number of nitrogens with zero attached hydrogens (tertiary/aromatic N) is 1. The average molecular weight is 261 g/mol. The summed E-state index contributed by atoms with van der Waals surface area (Å²) in [6.07, 6.45) is 4.09. The van der Waals surface area contributed by atoms with Crippen molar-refractivity contribution in [1.82, 2.24) is 4.90 Å². The summed E-state index contributed by atoms with van der Waals surface area (Å²) in [5.74, 6) is -0.692. The number of carbonyl (C=O) groups is 1. The Morgan fingerprint density at radius 2 is 1.95 bits per heavy atom. The van der Waals surface area contributed by atoms with Gasteiger partial charge >= 0.3 is 5.97 Å². The van der Waals surface area contributed by atoms with Crippen LogP contribution in [0.4, 0.5) is 0 Å². The molecule has 1 saturated heterocycles. The van der Waals surface area contributed by atoms with Gasteiger partial charge in [-0.1, -0.05) is 30.2 Å². The van der Waals surface area contributed by atoms with Crippen molar-refractivity contribution in [2.24, 2.45) is 0 Å². The molecule has 0 aromatic heterocycles. The number of aliphatic carboxylic acids is 1. The minimum absolute atomic E-state index is 0.374. The van der Waals surface area contributed by atoms with E-state index >= 15 is 0 Å². The van der Waals surface area contributed by atoms with E-state index in [1.54, 1.807) is 0 Å². The van der Waals surface area contributed by atoms with Crippen LogP contribution in [0.2, 0.25) is 0 Å². The minimum Gasteiger partial charge on any atom is -0.480 e. The molecule has 19 heavy (non-hydrogen) atoms. The lowest BCUT2D eigenvalue weighted by atomic mass is 9.97. The zero-order valence-corrected chi connectivity index (χ0v) is 11.9. The van der Waals surface area contributed by atoms with E-state index in [2.05, 4.69) is 36.9 Å². The average Bonchev–Trinajstić information content (AvgIpc) is 2.40. The summed E-state index contributed by atoms with van der Waals surface area (Å²) < 4.78 is 0. The van der Waals surface area contributed by atoms with Crippen molar-refractivity contribution in [3.8, 4) is 0 Å². The normalized spacial score (nSPS) is 18.2. The van der Waals surface area contributed by atoms with E-state index in [0.717, 1.165) is 31.5 Å². The summed E-state index contributed by atoms with van der Waals surface area (Å²) in [6, 6.07) is 5.91. The van der Waals surface area contributed by atoms with Crippen LogP contribution in [-0.4, -0.2) is 35.1 Å². The van der Waals surface area contributed by atoms with Crippen molar-refractivity contribution in [2.75, 3.05) is 13.1 Å². The minimum atomic E-state index is -0.692. The number of aryl methyl sites for hydroxylation is 2. The zero-order valence-electron chi connectivity index (χ0n) is 11.9. The largest absolute Gasteiger partial charge is 0.480 e. The van der Waals surface area contributed by atoms with Crippen molar-refractivity contribution in [1.29, 1.82) is 0 Å². The zero-order chi connectivity index (χ0) is 13.8. The highest BCUT2D eigenvalue weighted by Gasteiger charge is 2.27. The third kappa shape index (κ3) is 3.57. The molecule has 0 aliphatic carbocycles. The van der Waals surface area contributed by atoms with Gasteiger partial charge in [-0.05, 0) is 57.3 Å². The summed E-state index contributed by atoms with van der Waals surface area (Å²) in [6.45, 7) is 5.95. The number of carboxylic acid groups (broad SMARTS) is 1. The van der Waals surface area contributed by atoms with Gasteiger partial charge in [-0.15, -0.1) is 0 Å². The molecule has 0 unspecified atom stereocenters. The first-order chi connectivity index (χ1) is 9.08. The topological polar surface area (TPSA) is 40.5 Å². The number of rotatable bonds is 4. The van der Waals surface area contributed by atoms with Crippen LogP contribution in [0.25, 0.3) is 0 Å². The second-order valence-electron chi connectivity index (χ2n) is 5.58. The smallest absolute Gasteiger partial charge is 0.321 e. The Kier molecular flexibility index (Phi) is 4.59. The van der Waals surface area contributed by atoms with Crippen LogP contribution in [0.5, 0.6) is 0 Å². The molecule has 0 bridgehead atoms. The highest BCUT2D eigenvalue weighted by Crippen LogP contribution is 2.19. The van der Waals surface area contributed by atoms with Gasteiger partial charge in [-0.2, -0.15) is 0 Å². The highest BCUT2D eigenvalue weighted by molar-refractivity contribution is 5.74. The van der Waals surface area contributed by atoms with Crippen LogP contribution in [0, 0.1) is 13.8 Å². The molecule has 1 fully saturated rings. The summed E-state index contributed by atoms with van der Waals surface area (Å²) in [4.78, 5) is 13.7. The van der Waals surface area contributed by atoms with Gasteiger partial charge in [0.25, 0.3) is 0 Å². The van der Waals surface area contributed by atoms with E-state index in [4.69, 9.17) is 0 Å². The highest BCUT2D eigenvalue weighted by atomic mass is 16.4. The first-order valence-corrected chi connectivity index (χ1v) is 7.11. The monoisotopic (exact) mass is 261 g/mol. The fraction of sp³-hybridized carbons (Fsp3) is 0.562. The number of hydrogen-bond donors (Lipinski definition) is 1. The van der Waals surface area contributed by atoms with E-state index in [1.165, 1.54) is 17.5 Å². The maximum absolute atomic E-state index is 11.6. The van der Waals surface area contributed by atoms with Gasteiger partial charge in [-0.25, -0.2) is 0 Å². The van der Waals surface area contributed by atoms with Gasteiger partial charge < -0.3 is 5.11 Å². The van der Waals surface area contributed by atoms with Gasteiger partial charge in [0.2, 0.25) is 0 Å². The molecule has 1 aromatic rings. The van der Waals surface area contributed by atoms with Gasteiger partial charge in [-0.3, -0.25) is 9.69 Å². The Balaban J connectivity index is 2.15. The molecular formula is C16H23NO2. The molecule has 1 heterocycles. The lowest BCUT2D eigenvalue weighted by molar-refractivity contribution is -0.143. The summed E-state index contributed by atoms with van der Waals surface area (Å²) >= 11 is 0. The predicted molar refractivity (Wildman–Crippen MR) is 76.5 cm³/mol. The Hall–Kier alpha value is -1.35. The molecule has 1 N–H and O–H groups in total. The molecule has 1 atom stereocenters. The van der Waals surface area contributed by atoms with Crippen molar-refractivity contribution in [3.05, 3.63) is 34.9 Å². The SMILES string of the molecule is Cc1ccc(C)c(C[C@H](C(=O)O)N2CCCCC2)c1. The van der Waals surface area contributed by atoms with E-state index in [-0.39, 0.29) is 6.04 Å². The molecule has 3 nitrogen and oxygen atoms in total. The van der Waals surface area contributed by atoms with Crippen molar-refractivity contribution >= 4 is 5.97 Å². The van der Waals surface area contributed by atoms with Crippen LogP contribution < -0.4 is 0 Å². The second-order valence-corrected chi connectivity index (χ2v) is 5.58. The van der Waals surface area contributed by atoms with E-state index < -0.39 is 5.97 Å². The molecule has 104 valence electrons. The lowest BCUT2D eigenvalue weighted by Crippen LogP contribution is -2.45. The third-order valence-corrected chi connectivity index (χ3v) is 4.03. The summed E-state index contributed by atoms with van der Waals surface area (Å²) in [5, 5.41) is 9.51. The van der Waals surface area contributed by atoms with Crippen LogP contribution in [0.3, 0.4) is 0 Å². The Morgan fingerprint density at radius 3 is 2.58 bits per heavy atom. The maximum Gasteiger partial charge on any atom is 0.321 e. The van der Waals surface area contributed by atoms with Crippen molar-refractivity contribution in [2.45, 2.75) is 45.6 Å². The number of benzene rings is 1. The molecule has 0 saturated carbocycles. The van der Waals surface area contributed by atoms with Gasteiger partial charge in [0, 0.05) is 0 Å². The standard InChI is InChI=1S/C16H23NO2/c1-12-6-7-13(2)14(10-12)11-15(16(18)19)17-8-4-3-5-9-17/h6-7,10,15H,3-5,8-9,11H2,1-2H3,(H,18,19)/t15-/m1/s1. The Labute approximate surface area is 115 Å². The Morgan fingerprint density at radius 1 is 1.26 bits per heavy atom. The maximum atomic E-state index is 11.6. The summed E-state index contributed by atoms with van der Waals surface area (Å²) in [7, 11) is 0. The predicted octanol–water partition coefficient (Wildman–Crippen LogP) is 2.79. The summed E-state index contributed by atoms with van der Waals surface area (Å²) in [5.41, 5.74) is 3.55. The molecule has 1 aliphatic rings. The fourth-order valence-corrected chi connectivity index (χ4v) is 2.83. The van der Waals surface area contributed by atoms with Crippen LogP contribution in [0.15, 0.2) is 18.2 Å². The number of carboxylic acids is 1. The quantitative estimate of drug-likeness (QED) is 0.906. The Bertz CT molecular complexity index is 450. The molecule has 0 amide bonds. The van der Waals surface area contributed by atoms with Crippen molar-refractivity contribution < 1.29 is 9.90 Å². The van der Waals surface area contributed by atoms with E-state index in [9.17, 15) is 9.90 Å². The van der Waals surface area contributed by atoms with Gasteiger partial charge in [0.15, 0.2) is 0 Å². The van der Waals surface area contributed by atoms with Gasteiger partial charge in [0.1, 0.15) is 6.04 Å². The molecule has 3 heteroatoms. The first-order valence-electron chi connectivity index (χ1n) is 7.11. The molecule has 0 spiro atoms. The molecule has 2 rings (SSSR count). The second kappa shape index (κ2) is 6.20.